The van der Waals surface area contributed by atoms with Gasteiger partial charge in [0.2, 0.25) is 0 Å². The molecule has 1 saturated heterocycles. The number of ether oxygens (including phenoxy) is 1. The fourth-order valence-corrected chi connectivity index (χ4v) is 2.93. The largest absolute Gasteiger partial charge is 0.483 e. The molecule has 1 aromatic carbocycles. The van der Waals surface area contributed by atoms with Crippen LogP contribution in [0.1, 0.15) is 13.8 Å². The molecule has 1 fully saturated rings. The number of terminal acetylenes is 1. The van der Waals surface area contributed by atoms with Crippen LogP contribution in [-0.4, -0.2) is 36.3 Å². The molecule has 0 spiro atoms. The van der Waals surface area contributed by atoms with Gasteiger partial charge in [0.25, 0.3) is 0 Å². The number of benzene rings is 1. The van der Waals surface area contributed by atoms with Crippen molar-refractivity contribution in [2.24, 2.45) is 0 Å². The number of anilines is 1. The highest BCUT2D eigenvalue weighted by Crippen LogP contribution is 2.42. The Balaban J connectivity index is 1.98. The van der Waals surface area contributed by atoms with Crippen LogP contribution in [0.15, 0.2) is 24.3 Å². The van der Waals surface area contributed by atoms with E-state index in [9.17, 15) is 0 Å². The summed E-state index contributed by atoms with van der Waals surface area (Å²) in [6.07, 6.45) is 5.42. The van der Waals surface area contributed by atoms with Gasteiger partial charge in [0.15, 0.2) is 0 Å². The molecule has 2 aliphatic rings. The van der Waals surface area contributed by atoms with Crippen molar-refractivity contribution in [2.45, 2.75) is 25.5 Å². The summed E-state index contributed by atoms with van der Waals surface area (Å²) in [5.41, 5.74) is 0.999. The van der Waals surface area contributed by atoms with Crippen LogP contribution in [-0.2, 0) is 0 Å². The monoisotopic (exact) mass is 242 g/mol. The van der Waals surface area contributed by atoms with E-state index in [0.29, 0.717) is 12.6 Å². The minimum absolute atomic E-state index is 0.183. The molecule has 94 valence electrons. The molecule has 0 aliphatic carbocycles. The van der Waals surface area contributed by atoms with Gasteiger partial charge in [-0.3, -0.25) is 4.90 Å². The second-order valence-corrected chi connectivity index (χ2v) is 5.52. The van der Waals surface area contributed by atoms with Gasteiger partial charge in [0, 0.05) is 6.54 Å². The Hall–Kier alpha value is -1.66. The van der Waals surface area contributed by atoms with Crippen LogP contribution >= 0.6 is 0 Å². The molecule has 0 radical (unpaired) electrons. The quantitative estimate of drug-likeness (QED) is 0.700. The number of para-hydroxylation sites is 2. The molecular weight excluding hydrogens is 224 g/mol. The summed E-state index contributed by atoms with van der Waals surface area (Å²) in [6.45, 7) is 6.86. The van der Waals surface area contributed by atoms with Gasteiger partial charge in [-0.15, -0.1) is 6.42 Å². The average Bonchev–Trinajstić information content (AvgIpc) is 2.74. The van der Waals surface area contributed by atoms with Crippen molar-refractivity contribution in [1.82, 2.24) is 4.90 Å². The molecule has 1 aromatic rings. The molecule has 2 aliphatic heterocycles. The van der Waals surface area contributed by atoms with Gasteiger partial charge in [-0.05, 0) is 26.0 Å². The average molecular weight is 242 g/mol. The van der Waals surface area contributed by atoms with Gasteiger partial charge in [-0.2, -0.15) is 0 Å². The lowest BCUT2D eigenvalue weighted by Gasteiger charge is -2.43. The van der Waals surface area contributed by atoms with Crippen LogP contribution in [0.3, 0.4) is 0 Å². The van der Waals surface area contributed by atoms with Crippen LogP contribution in [0.4, 0.5) is 5.69 Å². The Bertz CT molecular complexity index is 503. The summed E-state index contributed by atoms with van der Waals surface area (Å²) in [7, 11) is 0. The molecule has 0 aromatic heterocycles. The van der Waals surface area contributed by atoms with Crippen molar-refractivity contribution >= 4 is 5.69 Å². The van der Waals surface area contributed by atoms with Gasteiger partial charge in [-0.25, -0.2) is 0 Å². The van der Waals surface area contributed by atoms with Crippen molar-refractivity contribution in [3.05, 3.63) is 24.3 Å². The van der Waals surface area contributed by atoms with E-state index in [1.807, 2.05) is 12.1 Å². The van der Waals surface area contributed by atoms with Gasteiger partial charge < -0.3 is 9.64 Å². The Morgan fingerprint density at radius 2 is 2.22 bits per heavy atom. The van der Waals surface area contributed by atoms with Crippen molar-refractivity contribution < 1.29 is 4.74 Å². The first-order valence-electron chi connectivity index (χ1n) is 6.32. The van der Waals surface area contributed by atoms with Gasteiger partial charge >= 0.3 is 0 Å². The molecule has 3 heteroatoms. The van der Waals surface area contributed by atoms with E-state index in [0.717, 1.165) is 19.0 Å². The number of hydrogen-bond donors (Lipinski definition) is 0. The summed E-state index contributed by atoms with van der Waals surface area (Å²) < 4.78 is 6.14. The lowest BCUT2D eigenvalue weighted by molar-refractivity contribution is 0.0711. The molecule has 1 unspecified atom stereocenters. The lowest BCUT2D eigenvalue weighted by Crippen LogP contribution is -2.54. The van der Waals surface area contributed by atoms with Gasteiger partial charge in [0.05, 0.1) is 24.9 Å². The highest BCUT2D eigenvalue weighted by Gasteiger charge is 2.46. The summed E-state index contributed by atoms with van der Waals surface area (Å²) in [6, 6.07) is 8.60. The number of fused-ring (bicyclic) bond motifs is 3. The Morgan fingerprint density at radius 1 is 1.44 bits per heavy atom. The van der Waals surface area contributed by atoms with Crippen LogP contribution in [0.2, 0.25) is 0 Å². The van der Waals surface area contributed by atoms with E-state index in [1.54, 1.807) is 0 Å². The van der Waals surface area contributed by atoms with Crippen molar-refractivity contribution in [3.63, 3.8) is 0 Å². The first-order valence-corrected chi connectivity index (χ1v) is 6.32. The molecule has 18 heavy (non-hydrogen) atoms. The van der Waals surface area contributed by atoms with Crippen LogP contribution in [0.5, 0.6) is 5.75 Å². The Morgan fingerprint density at radius 3 is 3.00 bits per heavy atom. The summed E-state index contributed by atoms with van der Waals surface area (Å²) in [5, 5.41) is 0. The zero-order valence-corrected chi connectivity index (χ0v) is 10.9. The third-order valence-corrected chi connectivity index (χ3v) is 3.82. The maximum absolute atomic E-state index is 6.14. The van der Waals surface area contributed by atoms with Crippen molar-refractivity contribution in [1.29, 1.82) is 0 Å². The van der Waals surface area contributed by atoms with Gasteiger partial charge in [0.1, 0.15) is 11.4 Å². The molecule has 0 amide bonds. The normalized spacial score (nSPS) is 24.9. The molecule has 0 bridgehead atoms. The summed E-state index contributed by atoms with van der Waals surface area (Å²) >= 11 is 0. The molecule has 0 saturated carbocycles. The van der Waals surface area contributed by atoms with E-state index in [-0.39, 0.29) is 5.60 Å². The molecule has 3 nitrogen and oxygen atoms in total. The summed E-state index contributed by atoms with van der Waals surface area (Å²) in [4.78, 5) is 4.70. The maximum atomic E-state index is 6.14. The molecule has 2 heterocycles. The third kappa shape index (κ3) is 1.65. The number of rotatable bonds is 1. The fourth-order valence-electron chi connectivity index (χ4n) is 2.93. The van der Waals surface area contributed by atoms with Gasteiger partial charge in [-0.1, -0.05) is 18.1 Å². The van der Waals surface area contributed by atoms with E-state index >= 15 is 0 Å². The minimum Gasteiger partial charge on any atom is -0.483 e. The molecular formula is C15H18N2O. The first kappa shape index (κ1) is 11.4. The first-order chi connectivity index (χ1) is 8.62. The van der Waals surface area contributed by atoms with Crippen molar-refractivity contribution in [3.8, 4) is 18.1 Å². The number of nitrogens with zero attached hydrogens (tertiary/aromatic N) is 2. The molecule has 1 atom stereocenters. The SMILES string of the molecule is C#CCN1CC2N(C1)c1ccccc1OC2(C)C. The van der Waals surface area contributed by atoms with Crippen LogP contribution < -0.4 is 9.64 Å². The highest BCUT2D eigenvalue weighted by atomic mass is 16.5. The summed E-state index contributed by atoms with van der Waals surface area (Å²) in [5.74, 6) is 3.70. The third-order valence-electron chi connectivity index (χ3n) is 3.82. The predicted molar refractivity (Wildman–Crippen MR) is 72.7 cm³/mol. The van der Waals surface area contributed by atoms with E-state index in [4.69, 9.17) is 11.2 Å². The van der Waals surface area contributed by atoms with Crippen LogP contribution in [0.25, 0.3) is 0 Å². The molecule has 0 N–H and O–H groups in total. The lowest BCUT2D eigenvalue weighted by atomic mass is 9.95. The zero-order valence-electron chi connectivity index (χ0n) is 10.9. The topological polar surface area (TPSA) is 15.7 Å². The van der Waals surface area contributed by atoms with E-state index in [2.05, 4.69) is 41.7 Å². The van der Waals surface area contributed by atoms with Crippen molar-refractivity contribution in [2.75, 3.05) is 24.7 Å². The second kappa shape index (κ2) is 3.93. The highest BCUT2D eigenvalue weighted by molar-refractivity contribution is 5.62. The smallest absolute Gasteiger partial charge is 0.143 e. The Kier molecular flexibility index (Phi) is 2.49. The number of hydrogen-bond acceptors (Lipinski definition) is 3. The zero-order chi connectivity index (χ0) is 12.8. The van der Waals surface area contributed by atoms with E-state index < -0.39 is 0 Å². The second-order valence-electron chi connectivity index (χ2n) is 5.52. The molecule has 3 rings (SSSR count). The Labute approximate surface area is 108 Å². The van der Waals surface area contributed by atoms with Crippen LogP contribution in [0, 0.1) is 12.3 Å². The predicted octanol–water partition coefficient (Wildman–Crippen LogP) is 1.94. The fraction of sp³-hybridized carbons (Fsp3) is 0.467. The maximum Gasteiger partial charge on any atom is 0.143 e. The van der Waals surface area contributed by atoms with E-state index in [1.165, 1.54) is 5.69 Å². The minimum atomic E-state index is -0.183. The standard InChI is InChI=1S/C15H18N2O/c1-4-9-16-10-14-15(2,3)18-13-8-6-5-7-12(13)17(14)11-16/h1,5-8,14H,9-11H2,2-3H3.